The lowest BCUT2D eigenvalue weighted by molar-refractivity contribution is -0.138. The second kappa shape index (κ2) is 4.37. The van der Waals surface area contributed by atoms with Gasteiger partial charge in [0, 0.05) is 24.2 Å². The number of hydrogen-bond donors (Lipinski definition) is 3. The number of nitrogens with two attached hydrogens (primary N) is 1. The van der Waals surface area contributed by atoms with E-state index in [1.807, 2.05) is 25.1 Å². The molecule has 0 amide bonds. The summed E-state index contributed by atoms with van der Waals surface area (Å²) in [5.41, 5.74) is 8.70. The summed E-state index contributed by atoms with van der Waals surface area (Å²) >= 11 is 0. The van der Waals surface area contributed by atoms with Crippen molar-refractivity contribution in [2.24, 2.45) is 5.73 Å². The topological polar surface area (TPSA) is 75.3 Å². The molecule has 4 N–H and O–H groups in total. The number of anilines is 1. The molecule has 1 aliphatic rings. The molecular formula is C13H18N2O2. The number of fused-ring (bicyclic) bond motifs is 1. The standard InChI is InChI=1S/C13H18N2O2/c1-9-3-2-4-10-12(9)15-6-5-13(10,8-14)7-11(16)17/h2-4,15H,5-8,14H2,1H3,(H,16,17). The first kappa shape index (κ1) is 11.9. The predicted molar refractivity (Wildman–Crippen MR) is 67.3 cm³/mol. The number of nitrogens with one attached hydrogen (secondary N) is 1. The van der Waals surface area contributed by atoms with E-state index in [4.69, 9.17) is 10.8 Å². The third-order valence-electron chi connectivity index (χ3n) is 3.63. The Morgan fingerprint density at radius 3 is 3.00 bits per heavy atom. The first-order valence-corrected chi connectivity index (χ1v) is 5.85. The Labute approximate surface area is 101 Å². The molecule has 1 aromatic rings. The van der Waals surface area contributed by atoms with Gasteiger partial charge in [-0.15, -0.1) is 0 Å². The molecule has 17 heavy (non-hydrogen) atoms. The minimum Gasteiger partial charge on any atom is -0.481 e. The first-order valence-electron chi connectivity index (χ1n) is 5.85. The fourth-order valence-electron chi connectivity index (χ4n) is 2.66. The largest absolute Gasteiger partial charge is 0.481 e. The number of aliphatic carboxylic acids is 1. The Balaban J connectivity index is 2.51. The molecule has 2 rings (SSSR count). The summed E-state index contributed by atoms with van der Waals surface area (Å²) in [4.78, 5) is 11.1. The molecule has 0 fully saturated rings. The fourth-order valence-corrected chi connectivity index (χ4v) is 2.66. The molecule has 0 aromatic heterocycles. The Hall–Kier alpha value is -1.55. The number of carboxylic acid groups (broad SMARTS) is 1. The zero-order valence-electron chi connectivity index (χ0n) is 9.99. The van der Waals surface area contributed by atoms with Crippen LogP contribution in [-0.4, -0.2) is 24.2 Å². The summed E-state index contributed by atoms with van der Waals surface area (Å²) in [5.74, 6) is -0.787. The van der Waals surface area contributed by atoms with Crippen LogP contribution in [0.2, 0.25) is 0 Å². The molecule has 4 heteroatoms. The summed E-state index contributed by atoms with van der Waals surface area (Å²) < 4.78 is 0. The van der Waals surface area contributed by atoms with Gasteiger partial charge in [0.05, 0.1) is 6.42 Å². The van der Waals surface area contributed by atoms with E-state index in [2.05, 4.69) is 5.32 Å². The third kappa shape index (κ3) is 2.00. The van der Waals surface area contributed by atoms with E-state index in [0.29, 0.717) is 6.54 Å². The molecule has 0 saturated heterocycles. The molecule has 1 aromatic carbocycles. The van der Waals surface area contributed by atoms with E-state index >= 15 is 0 Å². The molecule has 1 unspecified atom stereocenters. The van der Waals surface area contributed by atoms with Gasteiger partial charge < -0.3 is 16.2 Å². The van der Waals surface area contributed by atoms with Crippen LogP contribution in [0.15, 0.2) is 18.2 Å². The lowest BCUT2D eigenvalue weighted by Gasteiger charge is -2.38. The van der Waals surface area contributed by atoms with Gasteiger partial charge in [0.1, 0.15) is 0 Å². The number of hydrogen-bond acceptors (Lipinski definition) is 3. The summed E-state index contributed by atoms with van der Waals surface area (Å²) in [6.07, 6.45) is 0.869. The van der Waals surface area contributed by atoms with Crippen molar-refractivity contribution in [2.45, 2.75) is 25.2 Å². The quantitative estimate of drug-likeness (QED) is 0.740. The van der Waals surface area contributed by atoms with E-state index in [1.54, 1.807) is 0 Å². The average Bonchev–Trinajstić information content (AvgIpc) is 2.30. The Morgan fingerprint density at radius 2 is 2.35 bits per heavy atom. The molecule has 4 nitrogen and oxygen atoms in total. The Morgan fingerprint density at radius 1 is 1.59 bits per heavy atom. The lowest BCUT2D eigenvalue weighted by Crippen LogP contribution is -2.42. The molecule has 1 heterocycles. The molecule has 0 aliphatic carbocycles. The van der Waals surface area contributed by atoms with Crippen LogP contribution in [0.1, 0.15) is 24.0 Å². The molecule has 1 atom stereocenters. The maximum atomic E-state index is 11.1. The number of aryl methyl sites for hydroxylation is 1. The van der Waals surface area contributed by atoms with Crippen LogP contribution in [0, 0.1) is 6.92 Å². The normalized spacial score (nSPS) is 22.7. The first-order chi connectivity index (χ1) is 8.09. The van der Waals surface area contributed by atoms with Crippen molar-refractivity contribution in [1.82, 2.24) is 0 Å². The number of carboxylic acids is 1. The van der Waals surface area contributed by atoms with Gasteiger partial charge >= 0.3 is 5.97 Å². The van der Waals surface area contributed by atoms with E-state index in [0.717, 1.165) is 29.8 Å². The fraction of sp³-hybridized carbons (Fsp3) is 0.462. The molecule has 0 radical (unpaired) electrons. The second-order valence-corrected chi connectivity index (χ2v) is 4.73. The minimum atomic E-state index is -0.787. The highest BCUT2D eigenvalue weighted by Gasteiger charge is 2.37. The number of para-hydroxylation sites is 1. The smallest absolute Gasteiger partial charge is 0.304 e. The predicted octanol–water partition coefficient (Wildman–Crippen LogP) is 1.48. The highest BCUT2D eigenvalue weighted by molar-refractivity contribution is 5.72. The maximum absolute atomic E-state index is 11.1. The second-order valence-electron chi connectivity index (χ2n) is 4.73. The van der Waals surface area contributed by atoms with Gasteiger partial charge in [0.15, 0.2) is 0 Å². The number of rotatable bonds is 3. The van der Waals surface area contributed by atoms with Crippen molar-refractivity contribution >= 4 is 11.7 Å². The van der Waals surface area contributed by atoms with Crippen molar-refractivity contribution in [3.05, 3.63) is 29.3 Å². The van der Waals surface area contributed by atoms with Crippen LogP contribution in [0.3, 0.4) is 0 Å². The number of benzene rings is 1. The van der Waals surface area contributed by atoms with Crippen LogP contribution in [0.25, 0.3) is 0 Å². The van der Waals surface area contributed by atoms with Gasteiger partial charge in [-0.3, -0.25) is 4.79 Å². The van der Waals surface area contributed by atoms with Gasteiger partial charge in [-0.05, 0) is 24.5 Å². The molecular weight excluding hydrogens is 216 g/mol. The van der Waals surface area contributed by atoms with Gasteiger partial charge in [-0.1, -0.05) is 18.2 Å². The van der Waals surface area contributed by atoms with E-state index < -0.39 is 11.4 Å². The van der Waals surface area contributed by atoms with Crippen molar-refractivity contribution in [2.75, 3.05) is 18.4 Å². The molecule has 0 saturated carbocycles. The maximum Gasteiger partial charge on any atom is 0.304 e. The highest BCUT2D eigenvalue weighted by Crippen LogP contribution is 2.40. The SMILES string of the molecule is Cc1cccc2c1NCCC2(CN)CC(=O)O. The van der Waals surface area contributed by atoms with E-state index in [-0.39, 0.29) is 6.42 Å². The molecule has 0 bridgehead atoms. The van der Waals surface area contributed by atoms with Crippen LogP contribution in [-0.2, 0) is 10.2 Å². The lowest BCUT2D eigenvalue weighted by atomic mass is 9.72. The van der Waals surface area contributed by atoms with Crippen LogP contribution < -0.4 is 11.1 Å². The molecule has 1 aliphatic heterocycles. The van der Waals surface area contributed by atoms with Gasteiger partial charge in [0.2, 0.25) is 0 Å². The molecule has 92 valence electrons. The van der Waals surface area contributed by atoms with Crippen molar-refractivity contribution in [1.29, 1.82) is 0 Å². The van der Waals surface area contributed by atoms with Crippen molar-refractivity contribution in [3.8, 4) is 0 Å². The Bertz CT molecular complexity index is 445. The van der Waals surface area contributed by atoms with Crippen LogP contribution >= 0.6 is 0 Å². The zero-order chi connectivity index (χ0) is 12.5. The minimum absolute atomic E-state index is 0.0988. The van der Waals surface area contributed by atoms with Crippen LogP contribution in [0.4, 0.5) is 5.69 Å². The zero-order valence-corrected chi connectivity index (χ0v) is 9.99. The average molecular weight is 234 g/mol. The van der Waals surface area contributed by atoms with Gasteiger partial charge in [-0.2, -0.15) is 0 Å². The van der Waals surface area contributed by atoms with Crippen LogP contribution in [0.5, 0.6) is 0 Å². The summed E-state index contributed by atoms with van der Waals surface area (Å²) in [5, 5.41) is 12.4. The summed E-state index contributed by atoms with van der Waals surface area (Å²) in [6.45, 7) is 3.18. The third-order valence-corrected chi connectivity index (χ3v) is 3.63. The number of carbonyl (C=O) groups is 1. The summed E-state index contributed by atoms with van der Waals surface area (Å²) in [6, 6.07) is 5.98. The molecule has 0 spiro atoms. The summed E-state index contributed by atoms with van der Waals surface area (Å²) in [7, 11) is 0. The van der Waals surface area contributed by atoms with E-state index in [9.17, 15) is 4.79 Å². The van der Waals surface area contributed by atoms with Crippen molar-refractivity contribution < 1.29 is 9.90 Å². The van der Waals surface area contributed by atoms with Gasteiger partial charge in [0.25, 0.3) is 0 Å². The van der Waals surface area contributed by atoms with Gasteiger partial charge in [-0.25, -0.2) is 0 Å². The monoisotopic (exact) mass is 234 g/mol. The van der Waals surface area contributed by atoms with E-state index in [1.165, 1.54) is 0 Å². The highest BCUT2D eigenvalue weighted by atomic mass is 16.4. The van der Waals surface area contributed by atoms with Crippen molar-refractivity contribution in [3.63, 3.8) is 0 Å². The Kier molecular flexibility index (Phi) is 3.07.